The molecule has 0 N–H and O–H groups in total. The molecule has 0 saturated heterocycles. The Morgan fingerprint density at radius 3 is 2.93 bits per heavy atom. The quantitative estimate of drug-likeness (QED) is 0.827. The van der Waals surface area contributed by atoms with Gasteiger partial charge in [0.15, 0.2) is 0 Å². The van der Waals surface area contributed by atoms with Crippen LogP contribution in [0.2, 0.25) is 0 Å². The lowest BCUT2D eigenvalue weighted by Gasteiger charge is -1.98. The molecule has 2 rings (SSSR count). The summed E-state index contributed by atoms with van der Waals surface area (Å²) >= 11 is 5.23. The third kappa shape index (κ3) is 2.89. The largest absolute Gasteiger partial charge is 0.246 e. The molecule has 2 aromatic rings. The first-order valence-corrected chi connectivity index (χ1v) is 6.63. The fraction of sp³-hybridized carbons (Fsp3) is 0.250. The fourth-order valence-corrected chi connectivity index (χ4v) is 2.77. The maximum atomic E-state index is 4.56. The molecule has 1 aromatic heterocycles. The molecule has 0 atom stereocenters. The van der Waals surface area contributed by atoms with Gasteiger partial charge in [-0.3, -0.25) is 0 Å². The van der Waals surface area contributed by atoms with Gasteiger partial charge in [-0.05, 0) is 24.1 Å². The normalized spacial score (nSPS) is 10.5. The number of thiazole rings is 1. The molecule has 0 fully saturated rings. The van der Waals surface area contributed by atoms with Crippen molar-refractivity contribution in [3.8, 4) is 0 Å². The van der Waals surface area contributed by atoms with Gasteiger partial charge in [-0.15, -0.1) is 11.3 Å². The molecule has 3 heteroatoms. The summed E-state index contributed by atoms with van der Waals surface area (Å²) in [5.74, 6) is 0. The van der Waals surface area contributed by atoms with Crippen LogP contribution in [0.25, 0.3) is 0 Å². The van der Waals surface area contributed by atoms with E-state index >= 15 is 0 Å². The van der Waals surface area contributed by atoms with Crippen molar-refractivity contribution in [3.05, 3.63) is 50.4 Å². The summed E-state index contributed by atoms with van der Waals surface area (Å²) in [5, 5.41) is 3.35. The summed E-state index contributed by atoms with van der Waals surface area (Å²) in [7, 11) is 0. The van der Waals surface area contributed by atoms with Gasteiger partial charge in [0, 0.05) is 16.3 Å². The SMILES string of the molecule is CCc1csc(Cc2cccc(Br)c2)n1. The highest BCUT2D eigenvalue weighted by Gasteiger charge is 2.02. The summed E-state index contributed by atoms with van der Waals surface area (Å²) in [6.45, 7) is 2.14. The first-order valence-electron chi connectivity index (χ1n) is 4.95. The van der Waals surface area contributed by atoms with Crippen LogP contribution in [0.15, 0.2) is 34.1 Å². The van der Waals surface area contributed by atoms with Gasteiger partial charge >= 0.3 is 0 Å². The maximum absolute atomic E-state index is 4.56. The van der Waals surface area contributed by atoms with Crippen molar-refractivity contribution in [1.29, 1.82) is 0 Å². The highest BCUT2D eigenvalue weighted by atomic mass is 79.9. The molecule has 15 heavy (non-hydrogen) atoms. The van der Waals surface area contributed by atoms with E-state index in [4.69, 9.17) is 0 Å². The fourth-order valence-electron chi connectivity index (χ4n) is 1.41. The van der Waals surface area contributed by atoms with E-state index in [1.165, 1.54) is 16.3 Å². The summed E-state index contributed by atoms with van der Waals surface area (Å²) in [4.78, 5) is 4.56. The molecular weight excluding hydrogens is 270 g/mol. The number of hydrogen-bond acceptors (Lipinski definition) is 2. The molecule has 0 aliphatic rings. The van der Waals surface area contributed by atoms with Crippen LogP contribution in [0.5, 0.6) is 0 Å². The molecule has 0 aliphatic heterocycles. The Morgan fingerprint density at radius 2 is 2.27 bits per heavy atom. The first-order chi connectivity index (χ1) is 7.28. The molecule has 1 nitrogen and oxygen atoms in total. The van der Waals surface area contributed by atoms with Crippen molar-refractivity contribution in [3.63, 3.8) is 0 Å². The number of rotatable bonds is 3. The van der Waals surface area contributed by atoms with Gasteiger partial charge in [0.05, 0.1) is 10.7 Å². The van der Waals surface area contributed by atoms with Crippen LogP contribution in [-0.2, 0) is 12.8 Å². The van der Waals surface area contributed by atoms with E-state index in [0.29, 0.717) is 0 Å². The van der Waals surface area contributed by atoms with Gasteiger partial charge < -0.3 is 0 Å². The van der Waals surface area contributed by atoms with Gasteiger partial charge in [0.1, 0.15) is 0 Å². The highest BCUT2D eigenvalue weighted by Crippen LogP contribution is 2.18. The molecule has 0 spiro atoms. The Morgan fingerprint density at radius 1 is 1.40 bits per heavy atom. The van der Waals surface area contributed by atoms with E-state index in [0.717, 1.165) is 17.3 Å². The molecular formula is C12H12BrNS. The number of hydrogen-bond donors (Lipinski definition) is 0. The molecule has 0 amide bonds. The summed E-state index contributed by atoms with van der Waals surface area (Å²) in [5.41, 5.74) is 2.51. The summed E-state index contributed by atoms with van der Waals surface area (Å²) in [6, 6.07) is 8.39. The van der Waals surface area contributed by atoms with Crippen LogP contribution in [0, 0.1) is 0 Å². The zero-order valence-corrected chi connectivity index (χ0v) is 10.9. The Labute approximate surface area is 102 Å². The minimum Gasteiger partial charge on any atom is -0.246 e. The van der Waals surface area contributed by atoms with Gasteiger partial charge in [-0.25, -0.2) is 4.98 Å². The zero-order valence-electron chi connectivity index (χ0n) is 8.53. The van der Waals surface area contributed by atoms with E-state index in [-0.39, 0.29) is 0 Å². The summed E-state index contributed by atoms with van der Waals surface area (Å²) in [6.07, 6.45) is 1.96. The average molecular weight is 282 g/mol. The topological polar surface area (TPSA) is 12.9 Å². The molecule has 0 unspecified atom stereocenters. The van der Waals surface area contributed by atoms with Crippen molar-refractivity contribution in [2.45, 2.75) is 19.8 Å². The smallest absolute Gasteiger partial charge is 0.0972 e. The number of halogens is 1. The second kappa shape index (κ2) is 4.90. The van der Waals surface area contributed by atoms with Crippen molar-refractivity contribution < 1.29 is 0 Å². The molecule has 78 valence electrons. The standard InChI is InChI=1S/C12H12BrNS/c1-2-11-8-15-12(14-11)7-9-4-3-5-10(13)6-9/h3-6,8H,2,7H2,1H3. The predicted octanol–water partition coefficient (Wildman–Crippen LogP) is 4.06. The van der Waals surface area contributed by atoms with Crippen molar-refractivity contribution >= 4 is 27.3 Å². The average Bonchev–Trinajstić information content (AvgIpc) is 2.65. The second-order valence-electron chi connectivity index (χ2n) is 3.39. The van der Waals surface area contributed by atoms with E-state index in [1.54, 1.807) is 11.3 Å². The van der Waals surface area contributed by atoms with Gasteiger partial charge in [0.2, 0.25) is 0 Å². The monoisotopic (exact) mass is 281 g/mol. The van der Waals surface area contributed by atoms with Crippen LogP contribution in [0.4, 0.5) is 0 Å². The summed E-state index contributed by atoms with van der Waals surface area (Å²) < 4.78 is 1.13. The van der Waals surface area contributed by atoms with Gasteiger partial charge in [0.25, 0.3) is 0 Å². The molecule has 0 radical (unpaired) electrons. The maximum Gasteiger partial charge on any atom is 0.0972 e. The number of aryl methyl sites for hydroxylation is 1. The van der Waals surface area contributed by atoms with Crippen LogP contribution < -0.4 is 0 Å². The minimum absolute atomic E-state index is 0.935. The lowest BCUT2D eigenvalue weighted by atomic mass is 10.2. The molecule has 1 heterocycles. The first kappa shape index (κ1) is 10.8. The van der Waals surface area contributed by atoms with Gasteiger partial charge in [-0.2, -0.15) is 0 Å². The Hall–Kier alpha value is -0.670. The van der Waals surface area contributed by atoms with E-state index in [2.05, 4.69) is 51.4 Å². The number of benzene rings is 1. The van der Waals surface area contributed by atoms with Gasteiger partial charge in [-0.1, -0.05) is 35.0 Å². The minimum atomic E-state index is 0.935. The van der Waals surface area contributed by atoms with Crippen molar-refractivity contribution in [1.82, 2.24) is 4.98 Å². The van der Waals surface area contributed by atoms with E-state index < -0.39 is 0 Å². The van der Waals surface area contributed by atoms with E-state index in [9.17, 15) is 0 Å². The van der Waals surface area contributed by atoms with Crippen molar-refractivity contribution in [2.24, 2.45) is 0 Å². The predicted molar refractivity (Wildman–Crippen MR) is 68.4 cm³/mol. The van der Waals surface area contributed by atoms with Crippen molar-refractivity contribution in [2.75, 3.05) is 0 Å². The second-order valence-corrected chi connectivity index (χ2v) is 5.25. The van der Waals surface area contributed by atoms with Crippen LogP contribution >= 0.6 is 27.3 Å². The van der Waals surface area contributed by atoms with Crippen LogP contribution in [-0.4, -0.2) is 4.98 Å². The van der Waals surface area contributed by atoms with Crippen LogP contribution in [0.1, 0.15) is 23.2 Å². The highest BCUT2D eigenvalue weighted by molar-refractivity contribution is 9.10. The molecule has 0 aliphatic carbocycles. The Balaban J connectivity index is 2.14. The third-order valence-corrected chi connectivity index (χ3v) is 3.60. The molecule has 0 bridgehead atoms. The lowest BCUT2D eigenvalue weighted by molar-refractivity contribution is 1.02. The third-order valence-electron chi connectivity index (χ3n) is 2.21. The number of aromatic nitrogens is 1. The number of nitrogens with zero attached hydrogens (tertiary/aromatic N) is 1. The molecule has 1 aromatic carbocycles. The Kier molecular flexibility index (Phi) is 3.54. The van der Waals surface area contributed by atoms with Crippen LogP contribution in [0.3, 0.4) is 0 Å². The molecule has 0 saturated carbocycles. The Bertz CT molecular complexity index is 450. The van der Waals surface area contributed by atoms with E-state index in [1.807, 2.05) is 6.07 Å². The lowest BCUT2D eigenvalue weighted by Crippen LogP contribution is -1.88. The zero-order chi connectivity index (χ0) is 10.7.